The molecule has 1 aromatic heterocycles. The maximum atomic E-state index is 12.8. The fourth-order valence-corrected chi connectivity index (χ4v) is 4.61. The van der Waals surface area contributed by atoms with Gasteiger partial charge in [-0.25, -0.2) is 4.98 Å². The maximum absolute atomic E-state index is 12.8. The Balaban J connectivity index is 1.43. The quantitative estimate of drug-likeness (QED) is 0.757. The van der Waals surface area contributed by atoms with Crippen molar-refractivity contribution in [2.24, 2.45) is 5.92 Å². The Hall–Kier alpha value is -1.60. The normalized spacial score (nSPS) is 26.9. The summed E-state index contributed by atoms with van der Waals surface area (Å²) in [5, 5.41) is 3.38. The first-order valence-corrected chi connectivity index (χ1v) is 10.4. The van der Waals surface area contributed by atoms with Crippen molar-refractivity contribution in [1.82, 2.24) is 4.98 Å². The number of ether oxygens (including phenoxy) is 2. The molecule has 1 N–H and O–H groups in total. The SMILES string of the molecule is O=C1Nc2ccc(Sc3ccc(Cl)nc3)cc2[C@]12OCCC(CC1CC1)O2. The molecule has 1 aromatic carbocycles. The zero-order valence-corrected chi connectivity index (χ0v) is 16.2. The van der Waals surface area contributed by atoms with E-state index in [1.165, 1.54) is 12.8 Å². The van der Waals surface area contributed by atoms with Gasteiger partial charge < -0.3 is 14.8 Å². The summed E-state index contributed by atoms with van der Waals surface area (Å²) in [6.45, 7) is 0.530. The van der Waals surface area contributed by atoms with Crippen LogP contribution in [0.5, 0.6) is 0 Å². The van der Waals surface area contributed by atoms with Crippen LogP contribution in [0.2, 0.25) is 5.15 Å². The number of halogens is 1. The molecule has 1 saturated heterocycles. The summed E-state index contributed by atoms with van der Waals surface area (Å²) >= 11 is 7.42. The van der Waals surface area contributed by atoms with Crippen molar-refractivity contribution in [2.45, 2.75) is 47.4 Å². The van der Waals surface area contributed by atoms with Crippen molar-refractivity contribution in [3.05, 3.63) is 47.2 Å². The van der Waals surface area contributed by atoms with Crippen molar-refractivity contribution in [2.75, 3.05) is 11.9 Å². The van der Waals surface area contributed by atoms with E-state index in [9.17, 15) is 4.79 Å². The van der Waals surface area contributed by atoms with Gasteiger partial charge in [-0.15, -0.1) is 0 Å². The van der Waals surface area contributed by atoms with Gasteiger partial charge in [0.2, 0.25) is 0 Å². The molecular weight excluding hydrogens is 384 g/mol. The Kier molecular flexibility index (Phi) is 4.39. The van der Waals surface area contributed by atoms with Gasteiger partial charge in [0.15, 0.2) is 0 Å². The number of anilines is 1. The highest BCUT2D eigenvalue weighted by Crippen LogP contribution is 2.47. The number of fused-ring (bicyclic) bond motifs is 2. The molecule has 2 atom stereocenters. The minimum atomic E-state index is -1.32. The minimum Gasteiger partial charge on any atom is -0.338 e. The highest BCUT2D eigenvalue weighted by Gasteiger charge is 2.53. The molecule has 2 aliphatic heterocycles. The Morgan fingerprint density at radius 1 is 1.22 bits per heavy atom. The number of hydrogen-bond donors (Lipinski definition) is 1. The third-order valence-electron chi connectivity index (χ3n) is 5.20. The lowest BCUT2D eigenvalue weighted by Crippen LogP contribution is -2.47. The first kappa shape index (κ1) is 17.5. The smallest absolute Gasteiger partial charge is 0.289 e. The van der Waals surface area contributed by atoms with Crippen LogP contribution in [0.25, 0.3) is 0 Å². The second kappa shape index (κ2) is 6.78. The molecule has 3 aliphatic rings. The van der Waals surface area contributed by atoms with Gasteiger partial charge >= 0.3 is 0 Å². The van der Waals surface area contributed by atoms with Crippen LogP contribution in [0.15, 0.2) is 46.3 Å². The third-order valence-corrected chi connectivity index (χ3v) is 6.39. The van der Waals surface area contributed by atoms with E-state index in [1.807, 2.05) is 24.3 Å². The van der Waals surface area contributed by atoms with E-state index in [0.717, 1.165) is 39.8 Å². The lowest BCUT2D eigenvalue weighted by molar-refractivity contribution is -0.281. The summed E-state index contributed by atoms with van der Waals surface area (Å²) < 4.78 is 12.2. The molecule has 3 heterocycles. The van der Waals surface area contributed by atoms with Crippen molar-refractivity contribution in [1.29, 1.82) is 0 Å². The average molecular weight is 403 g/mol. The molecule has 7 heteroatoms. The van der Waals surface area contributed by atoms with E-state index in [2.05, 4.69) is 10.3 Å². The van der Waals surface area contributed by atoms with Crippen LogP contribution < -0.4 is 5.32 Å². The predicted molar refractivity (Wildman–Crippen MR) is 103 cm³/mol. The standard InChI is InChI=1S/C20H19ClN2O3S/c21-18-6-4-15(11-22-18)27-14-3-5-17-16(10-14)20(19(24)23-17)25-8-7-13(26-20)9-12-1-2-12/h3-6,10-13H,1-2,7-9H2,(H,23,24)/t13?,20-/m1/s1. The van der Waals surface area contributed by atoms with Gasteiger partial charge in [-0.2, -0.15) is 0 Å². The van der Waals surface area contributed by atoms with Crippen LogP contribution in [-0.2, 0) is 20.1 Å². The predicted octanol–water partition coefficient (Wildman–Crippen LogP) is 4.60. The maximum Gasteiger partial charge on any atom is 0.289 e. The van der Waals surface area contributed by atoms with E-state index in [1.54, 1.807) is 24.0 Å². The summed E-state index contributed by atoms with van der Waals surface area (Å²) in [5.74, 6) is -0.802. The number of aromatic nitrogens is 1. The molecule has 0 bridgehead atoms. The summed E-state index contributed by atoms with van der Waals surface area (Å²) in [5.41, 5.74) is 1.52. The third kappa shape index (κ3) is 3.36. The Morgan fingerprint density at radius 3 is 2.85 bits per heavy atom. The molecular formula is C20H19ClN2O3S. The molecule has 140 valence electrons. The van der Waals surface area contributed by atoms with Gasteiger partial charge in [0, 0.05) is 21.6 Å². The van der Waals surface area contributed by atoms with Gasteiger partial charge in [0.05, 0.1) is 18.4 Å². The molecule has 2 aromatic rings. The lowest BCUT2D eigenvalue weighted by Gasteiger charge is -2.37. The van der Waals surface area contributed by atoms with Crippen molar-refractivity contribution in [3.8, 4) is 0 Å². The number of rotatable bonds is 4. The molecule has 5 rings (SSSR count). The molecule has 0 radical (unpaired) electrons. The number of amides is 1. The molecule has 1 saturated carbocycles. The molecule has 2 fully saturated rings. The lowest BCUT2D eigenvalue weighted by atomic mass is 10.0. The highest BCUT2D eigenvalue weighted by atomic mass is 35.5. The van der Waals surface area contributed by atoms with E-state index >= 15 is 0 Å². The second-order valence-corrected chi connectivity index (χ2v) is 8.79. The molecule has 1 amide bonds. The molecule has 1 spiro atoms. The number of carbonyl (C=O) groups is 1. The van der Waals surface area contributed by atoms with Crippen LogP contribution in [0.4, 0.5) is 5.69 Å². The van der Waals surface area contributed by atoms with Crippen molar-refractivity contribution >= 4 is 35.0 Å². The average Bonchev–Trinajstić information content (AvgIpc) is 3.44. The van der Waals surface area contributed by atoms with Crippen LogP contribution in [0.1, 0.15) is 31.2 Å². The van der Waals surface area contributed by atoms with Crippen molar-refractivity contribution in [3.63, 3.8) is 0 Å². The van der Waals surface area contributed by atoms with Gasteiger partial charge in [-0.05, 0) is 49.1 Å². The van der Waals surface area contributed by atoms with Gasteiger partial charge in [-0.1, -0.05) is 36.2 Å². The summed E-state index contributed by atoms with van der Waals surface area (Å²) in [6, 6.07) is 9.55. The number of nitrogens with one attached hydrogen (secondary N) is 1. The molecule has 27 heavy (non-hydrogen) atoms. The monoisotopic (exact) mass is 402 g/mol. The first-order chi connectivity index (χ1) is 13.1. The zero-order chi connectivity index (χ0) is 18.4. The number of nitrogens with zero attached hydrogens (tertiary/aromatic N) is 1. The molecule has 5 nitrogen and oxygen atoms in total. The van der Waals surface area contributed by atoms with Crippen LogP contribution in [-0.4, -0.2) is 23.6 Å². The highest BCUT2D eigenvalue weighted by molar-refractivity contribution is 7.99. The fraction of sp³-hybridized carbons (Fsp3) is 0.400. The van der Waals surface area contributed by atoms with Crippen LogP contribution in [0.3, 0.4) is 0 Å². The van der Waals surface area contributed by atoms with Crippen molar-refractivity contribution < 1.29 is 14.3 Å². The van der Waals surface area contributed by atoms with Gasteiger partial charge in [0.25, 0.3) is 11.7 Å². The summed E-state index contributed by atoms with van der Waals surface area (Å²) in [4.78, 5) is 18.9. The van der Waals surface area contributed by atoms with Gasteiger partial charge in [-0.3, -0.25) is 4.79 Å². The zero-order valence-electron chi connectivity index (χ0n) is 14.6. The second-order valence-electron chi connectivity index (χ2n) is 7.25. The van der Waals surface area contributed by atoms with Gasteiger partial charge in [0.1, 0.15) is 5.15 Å². The van der Waals surface area contributed by atoms with Crippen LogP contribution in [0, 0.1) is 5.92 Å². The van der Waals surface area contributed by atoms with E-state index in [4.69, 9.17) is 21.1 Å². The number of pyridine rings is 1. The minimum absolute atomic E-state index is 0.0692. The number of hydrogen-bond acceptors (Lipinski definition) is 5. The van der Waals surface area contributed by atoms with Crippen LogP contribution >= 0.6 is 23.4 Å². The number of benzene rings is 1. The Morgan fingerprint density at radius 2 is 2.07 bits per heavy atom. The first-order valence-electron chi connectivity index (χ1n) is 9.19. The molecule has 1 aliphatic carbocycles. The summed E-state index contributed by atoms with van der Waals surface area (Å²) in [7, 11) is 0. The molecule has 1 unspecified atom stereocenters. The number of carbonyl (C=O) groups excluding carboxylic acids is 1. The Labute approximate surface area is 166 Å². The Bertz CT molecular complexity index is 887. The van der Waals surface area contributed by atoms with E-state index in [0.29, 0.717) is 11.8 Å². The van der Waals surface area contributed by atoms with E-state index in [-0.39, 0.29) is 12.0 Å². The fourth-order valence-electron chi connectivity index (χ4n) is 3.67. The van der Waals surface area contributed by atoms with E-state index < -0.39 is 5.79 Å². The topological polar surface area (TPSA) is 60.5 Å². The summed E-state index contributed by atoms with van der Waals surface area (Å²) in [6.07, 6.45) is 6.20. The largest absolute Gasteiger partial charge is 0.338 e.